The molecule has 16 heavy (non-hydrogen) atoms. The summed E-state index contributed by atoms with van der Waals surface area (Å²) in [6.07, 6.45) is 3.88. The Kier molecular flexibility index (Phi) is 3.65. The van der Waals surface area contributed by atoms with Crippen molar-refractivity contribution >= 4 is 0 Å². The molecule has 1 heteroatoms. The summed E-state index contributed by atoms with van der Waals surface area (Å²) < 4.78 is 0. The number of rotatable bonds is 3. The van der Waals surface area contributed by atoms with Crippen LogP contribution in [0.15, 0.2) is 30.3 Å². The molecule has 0 aromatic heterocycles. The van der Waals surface area contributed by atoms with Crippen LogP contribution >= 0.6 is 0 Å². The number of hydrogen-bond acceptors (Lipinski definition) is 1. The number of benzene rings is 1. The van der Waals surface area contributed by atoms with E-state index in [1.807, 2.05) is 0 Å². The van der Waals surface area contributed by atoms with E-state index in [0.29, 0.717) is 5.41 Å². The highest BCUT2D eigenvalue weighted by Gasteiger charge is 2.38. The Morgan fingerprint density at radius 1 is 1.31 bits per heavy atom. The van der Waals surface area contributed by atoms with Gasteiger partial charge in [0.2, 0.25) is 0 Å². The summed E-state index contributed by atoms with van der Waals surface area (Å²) in [5, 5.41) is 3.52. The van der Waals surface area contributed by atoms with Crippen molar-refractivity contribution in [3.63, 3.8) is 0 Å². The van der Waals surface area contributed by atoms with Crippen molar-refractivity contribution in [1.29, 1.82) is 0 Å². The summed E-state index contributed by atoms with van der Waals surface area (Å²) in [5.41, 5.74) is 1.97. The first kappa shape index (κ1) is 11.7. The molecule has 2 atom stereocenters. The Morgan fingerprint density at radius 3 is 2.69 bits per heavy atom. The molecule has 1 heterocycles. The molecule has 0 amide bonds. The highest BCUT2D eigenvalue weighted by atomic mass is 14.9. The van der Waals surface area contributed by atoms with Crippen molar-refractivity contribution in [2.24, 2.45) is 5.92 Å². The minimum atomic E-state index is 0.418. The quantitative estimate of drug-likeness (QED) is 0.818. The molecular formula is C15H23N. The smallest absolute Gasteiger partial charge is 0.000263 e. The van der Waals surface area contributed by atoms with Gasteiger partial charge < -0.3 is 5.32 Å². The second-order valence-electron chi connectivity index (χ2n) is 5.13. The first-order chi connectivity index (χ1) is 7.79. The van der Waals surface area contributed by atoms with Gasteiger partial charge in [-0.3, -0.25) is 0 Å². The van der Waals surface area contributed by atoms with Gasteiger partial charge in [0.1, 0.15) is 0 Å². The van der Waals surface area contributed by atoms with E-state index in [0.717, 1.165) is 12.5 Å². The number of nitrogens with one attached hydrogen (secondary N) is 1. The Balaban J connectivity index is 2.34. The standard InChI is InChI=1S/C15H23N/c1-3-9-15(10-11-16-12-13(15)2)14-7-5-4-6-8-14/h4-8,13,16H,3,9-12H2,1-2H3/t13-,15+/m0/s1. The van der Waals surface area contributed by atoms with Gasteiger partial charge >= 0.3 is 0 Å². The minimum absolute atomic E-state index is 0.418. The molecule has 0 aliphatic carbocycles. The largest absolute Gasteiger partial charge is 0.316 e. The first-order valence-electron chi connectivity index (χ1n) is 6.56. The van der Waals surface area contributed by atoms with E-state index in [4.69, 9.17) is 0 Å². The second kappa shape index (κ2) is 5.01. The van der Waals surface area contributed by atoms with Crippen LogP contribution in [0.2, 0.25) is 0 Å². The molecule has 88 valence electrons. The molecule has 1 aliphatic heterocycles. The molecule has 0 saturated carbocycles. The van der Waals surface area contributed by atoms with Gasteiger partial charge in [0.15, 0.2) is 0 Å². The van der Waals surface area contributed by atoms with E-state index >= 15 is 0 Å². The molecule has 1 N–H and O–H groups in total. The van der Waals surface area contributed by atoms with Gasteiger partial charge in [-0.1, -0.05) is 50.6 Å². The van der Waals surface area contributed by atoms with Crippen LogP contribution < -0.4 is 5.32 Å². The van der Waals surface area contributed by atoms with Gasteiger partial charge in [-0.05, 0) is 37.4 Å². The fourth-order valence-corrected chi connectivity index (χ4v) is 3.23. The average Bonchev–Trinajstić information content (AvgIpc) is 2.34. The molecule has 2 rings (SSSR count). The zero-order valence-corrected chi connectivity index (χ0v) is 10.5. The first-order valence-corrected chi connectivity index (χ1v) is 6.56. The molecular weight excluding hydrogens is 194 g/mol. The van der Waals surface area contributed by atoms with Gasteiger partial charge in [0.25, 0.3) is 0 Å². The Hall–Kier alpha value is -0.820. The predicted molar refractivity (Wildman–Crippen MR) is 69.7 cm³/mol. The number of piperidine rings is 1. The summed E-state index contributed by atoms with van der Waals surface area (Å²) in [6.45, 7) is 7.03. The van der Waals surface area contributed by atoms with Crippen LogP contribution in [-0.4, -0.2) is 13.1 Å². The monoisotopic (exact) mass is 217 g/mol. The van der Waals surface area contributed by atoms with Gasteiger partial charge in [-0.2, -0.15) is 0 Å². The molecule has 0 radical (unpaired) electrons. The molecule has 1 aromatic rings. The summed E-state index contributed by atoms with van der Waals surface area (Å²) in [5.74, 6) is 0.739. The predicted octanol–water partition coefficient (Wildman–Crippen LogP) is 3.35. The Labute approximate surface area is 99.3 Å². The zero-order valence-electron chi connectivity index (χ0n) is 10.5. The van der Waals surface area contributed by atoms with Crippen LogP contribution in [0.1, 0.15) is 38.7 Å². The van der Waals surface area contributed by atoms with Crippen LogP contribution in [0.25, 0.3) is 0 Å². The zero-order chi connectivity index (χ0) is 11.4. The molecule has 1 nitrogen and oxygen atoms in total. The third-order valence-electron chi connectivity index (χ3n) is 4.19. The maximum atomic E-state index is 3.52. The highest BCUT2D eigenvalue weighted by molar-refractivity contribution is 5.27. The van der Waals surface area contributed by atoms with Crippen LogP contribution in [0, 0.1) is 5.92 Å². The fourth-order valence-electron chi connectivity index (χ4n) is 3.23. The topological polar surface area (TPSA) is 12.0 Å². The lowest BCUT2D eigenvalue weighted by atomic mass is 9.64. The summed E-state index contributed by atoms with van der Waals surface area (Å²) in [7, 11) is 0. The lowest BCUT2D eigenvalue weighted by Crippen LogP contribution is -2.46. The van der Waals surface area contributed by atoms with Crippen molar-refractivity contribution in [2.75, 3.05) is 13.1 Å². The summed E-state index contributed by atoms with van der Waals surface area (Å²) in [4.78, 5) is 0. The van der Waals surface area contributed by atoms with Crippen molar-refractivity contribution in [2.45, 2.75) is 38.5 Å². The maximum Gasteiger partial charge on any atom is 0.000263 e. The molecule has 1 aromatic carbocycles. The SMILES string of the molecule is CCC[C@@]1(c2ccccc2)CCNC[C@@H]1C. The fraction of sp³-hybridized carbons (Fsp3) is 0.600. The Bertz CT molecular complexity index is 315. The van der Waals surface area contributed by atoms with Gasteiger partial charge in [-0.15, -0.1) is 0 Å². The third-order valence-corrected chi connectivity index (χ3v) is 4.19. The number of hydrogen-bond donors (Lipinski definition) is 1. The molecule has 0 spiro atoms. The van der Waals surface area contributed by atoms with Crippen LogP contribution in [0.3, 0.4) is 0 Å². The van der Waals surface area contributed by atoms with Crippen molar-refractivity contribution in [3.05, 3.63) is 35.9 Å². The Morgan fingerprint density at radius 2 is 2.06 bits per heavy atom. The van der Waals surface area contributed by atoms with Gasteiger partial charge in [-0.25, -0.2) is 0 Å². The molecule has 1 fully saturated rings. The lowest BCUT2D eigenvalue weighted by Gasteiger charge is -2.44. The lowest BCUT2D eigenvalue weighted by molar-refractivity contribution is 0.199. The van der Waals surface area contributed by atoms with E-state index in [9.17, 15) is 0 Å². The van der Waals surface area contributed by atoms with E-state index in [1.54, 1.807) is 5.56 Å². The van der Waals surface area contributed by atoms with E-state index < -0.39 is 0 Å². The second-order valence-corrected chi connectivity index (χ2v) is 5.13. The van der Waals surface area contributed by atoms with Crippen LogP contribution in [0.5, 0.6) is 0 Å². The molecule has 0 bridgehead atoms. The summed E-state index contributed by atoms with van der Waals surface area (Å²) in [6, 6.07) is 11.1. The van der Waals surface area contributed by atoms with E-state index in [-0.39, 0.29) is 0 Å². The van der Waals surface area contributed by atoms with Gasteiger partial charge in [0, 0.05) is 5.41 Å². The van der Waals surface area contributed by atoms with Crippen LogP contribution in [0.4, 0.5) is 0 Å². The maximum absolute atomic E-state index is 3.52. The molecule has 0 unspecified atom stereocenters. The summed E-state index contributed by atoms with van der Waals surface area (Å²) >= 11 is 0. The van der Waals surface area contributed by atoms with E-state index in [2.05, 4.69) is 49.5 Å². The highest BCUT2D eigenvalue weighted by Crippen LogP contribution is 2.41. The van der Waals surface area contributed by atoms with Crippen molar-refractivity contribution < 1.29 is 0 Å². The van der Waals surface area contributed by atoms with E-state index in [1.165, 1.54) is 25.8 Å². The van der Waals surface area contributed by atoms with Gasteiger partial charge in [0.05, 0.1) is 0 Å². The molecule has 1 saturated heterocycles. The normalized spacial score (nSPS) is 30.2. The third kappa shape index (κ3) is 2.01. The van der Waals surface area contributed by atoms with Crippen molar-refractivity contribution in [1.82, 2.24) is 5.32 Å². The van der Waals surface area contributed by atoms with Crippen molar-refractivity contribution in [3.8, 4) is 0 Å². The molecule has 1 aliphatic rings. The minimum Gasteiger partial charge on any atom is -0.316 e. The average molecular weight is 217 g/mol. The van der Waals surface area contributed by atoms with Crippen LogP contribution in [-0.2, 0) is 5.41 Å².